The van der Waals surface area contributed by atoms with Crippen molar-refractivity contribution >= 4 is 12.0 Å². The van der Waals surface area contributed by atoms with E-state index in [1.165, 1.54) is 20.4 Å². The number of aliphatic imine (C=N–C) groups is 1. The van der Waals surface area contributed by atoms with E-state index in [1.54, 1.807) is 7.05 Å². The van der Waals surface area contributed by atoms with Gasteiger partial charge in [0.2, 0.25) is 6.29 Å². The summed E-state index contributed by atoms with van der Waals surface area (Å²) in [7, 11) is 4.46. The Labute approximate surface area is 66.2 Å². The van der Waals surface area contributed by atoms with Gasteiger partial charge in [0.1, 0.15) is 0 Å². The molecule has 0 heterocycles. The molecule has 0 aromatic heterocycles. The lowest BCUT2D eigenvalue weighted by molar-refractivity contribution is -0.155. The Balaban J connectivity index is 3.79. The van der Waals surface area contributed by atoms with E-state index in [2.05, 4.69) is 4.99 Å². The van der Waals surface area contributed by atoms with Crippen LogP contribution in [0.25, 0.3) is 0 Å². The molecule has 0 aromatic carbocycles. The minimum absolute atomic E-state index is 0.124. The molecule has 4 nitrogen and oxygen atoms in total. The maximum Gasteiger partial charge on any atom is 0.217 e. The standard InChI is InChI=1S/C7H13NO3/c1-8-5-4-6(9)7(10-2)11-3/h5,7H,4H2,1-3H3. The van der Waals surface area contributed by atoms with Crippen molar-refractivity contribution in [3.8, 4) is 0 Å². The van der Waals surface area contributed by atoms with Crippen LogP contribution in [0, 0.1) is 0 Å². The third-order valence-corrected chi connectivity index (χ3v) is 1.17. The number of ketones is 1. The monoisotopic (exact) mass is 159 g/mol. The third kappa shape index (κ3) is 3.85. The summed E-state index contributed by atoms with van der Waals surface area (Å²) in [6, 6.07) is 0. The van der Waals surface area contributed by atoms with Crippen molar-refractivity contribution in [3.63, 3.8) is 0 Å². The van der Waals surface area contributed by atoms with Crippen LogP contribution < -0.4 is 0 Å². The molecule has 0 amide bonds. The maximum atomic E-state index is 11.0. The number of carbonyl (C=O) groups excluding carboxylic acids is 1. The average molecular weight is 159 g/mol. The molecule has 0 fully saturated rings. The van der Waals surface area contributed by atoms with Gasteiger partial charge in [-0.05, 0) is 0 Å². The topological polar surface area (TPSA) is 47.9 Å². The quantitative estimate of drug-likeness (QED) is 0.427. The molecule has 0 unspecified atom stereocenters. The van der Waals surface area contributed by atoms with Gasteiger partial charge in [-0.25, -0.2) is 0 Å². The number of nitrogens with zero attached hydrogens (tertiary/aromatic N) is 1. The van der Waals surface area contributed by atoms with Crippen LogP contribution >= 0.6 is 0 Å². The molecule has 0 radical (unpaired) electrons. The molecule has 0 rings (SSSR count). The van der Waals surface area contributed by atoms with Crippen molar-refractivity contribution in [1.82, 2.24) is 0 Å². The predicted octanol–water partition coefficient (Wildman–Crippen LogP) is 0.265. The van der Waals surface area contributed by atoms with Crippen LogP contribution in [-0.2, 0) is 14.3 Å². The molecule has 0 bridgehead atoms. The molecule has 0 aliphatic heterocycles. The molecule has 0 atom stereocenters. The van der Waals surface area contributed by atoms with Crippen molar-refractivity contribution in [2.75, 3.05) is 21.3 Å². The molecule has 0 spiro atoms. The number of methoxy groups -OCH3 is 2. The summed E-state index contributed by atoms with van der Waals surface area (Å²) in [6.45, 7) is 0. The zero-order chi connectivity index (χ0) is 8.69. The zero-order valence-corrected chi connectivity index (χ0v) is 7.03. The molecular formula is C7H13NO3. The van der Waals surface area contributed by atoms with Crippen molar-refractivity contribution in [1.29, 1.82) is 0 Å². The lowest BCUT2D eigenvalue weighted by Crippen LogP contribution is -2.24. The van der Waals surface area contributed by atoms with Gasteiger partial charge in [-0.15, -0.1) is 0 Å². The van der Waals surface area contributed by atoms with Crippen LogP contribution in [0.15, 0.2) is 4.99 Å². The van der Waals surface area contributed by atoms with E-state index in [-0.39, 0.29) is 12.2 Å². The molecule has 0 aromatic rings. The van der Waals surface area contributed by atoms with Crippen molar-refractivity contribution < 1.29 is 14.3 Å². The lowest BCUT2D eigenvalue weighted by atomic mass is 10.3. The van der Waals surface area contributed by atoms with Crippen molar-refractivity contribution in [3.05, 3.63) is 0 Å². The fourth-order valence-electron chi connectivity index (χ4n) is 0.637. The summed E-state index contributed by atoms with van der Waals surface area (Å²) < 4.78 is 9.45. The van der Waals surface area contributed by atoms with Crippen LogP contribution in [0.5, 0.6) is 0 Å². The second-order valence-corrected chi connectivity index (χ2v) is 1.91. The highest BCUT2D eigenvalue weighted by Crippen LogP contribution is 1.95. The van der Waals surface area contributed by atoms with E-state index in [0.29, 0.717) is 0 Å². The average Bonchev–Trinajstić information content (AvgIpc) is 2.03. The largest absolute Gasteiger partial charge is 0.349 e. The highest BCUT2D eigenvalue weighted by molar-refractivity contribution is 5.93. The molecule has 4 heteroatoms. The van der Waals surface area contributed by atoms with Gasteiger partial charge in [-0.3, -0.25) is 4.79 Å². The molecule has 11 heavy (non-hydrogen) atoms. The van der Waals surface area contributed by atoms with Gasteiger partial charge in [0, 0.05) is 33.9 Å². The number of carbonyl (C=O) groups is 1. The van der Waals surface area contributed by atoms with E-state index in [4.69, 9.17) is 9.47 Å². The van der Waals surface area contributed by atoms with Gasteiger partial charge in [-0.1, -0.05) is 0 Å². The van der Waals surface area contributed by atoms with Gasteiger partial charge in [0.05, 0.1) is 0 Å². The SMILES string of the molecule is CN=CCC(=O)C(OC)OC. The second kappa shape index (κ2) is 6.00. The minimum atomic E-state index is -0.756. The number of Topliss-reactive ketones (excluding diaryl/α,β-unsaturated/α-hetero) is 1. The Bertz CT molecular complexity index is 141. The second-order valence-electron chi connectivity index (χ2n) is 1.91. The molecular weight excluding hydrogens is 146 g/mol. The Morgan fingerprint density at radius 1 is 1.55 bits per heavy atom. The van der Waals surface area contributed by atoms with E-state index < -0.39 is 6.29 Å². The molecule has 0 aliphatic rings. The molecule has 0 N–H and O–H groups in total. The summed E-state index contributed by atoms with van der Waals surface area (Å²) in [4.78, 5) is 14.7. The Kier molecular flexibility index (Phi) is 5.60. The molecule has 0 saturated heterocycles. The number of ether oxygens (including phenoxy) is 2. The van der Waals surface area contributed by atoms with Gasteiger partial charge in [0.25, 0.3) is 0 Å². The summed E-state index contributed by atoms with van der Waals surface area (Å²) in [5, 5.41) is 0. The first-order valence-corrected chi connectivity index (χ1v) is 3.25. The molecule has 0 saturated carbocycles. The maximum absolute atomic E-state index is 11.0. The van der Waals surface area contributed by atoms with Crippen LogP contribution in [0.1, 0.15) is 6.42 Å². The van der Waals surface area contributed by atoms with E-state index in [1.807, 2.05) is 0 Å². The summed E-state index contributed by atoms with van der Waals surface area (Å²) in [6.07, 6.45) is 1.02. The van der Waals surface area contributed by atoms with E-state index in [9.17, 15) is 4.79 Å². The van der Waals surface area contributed by atoms with Crippen LogP contribution in [0.4, 0.5) is 0 Å². The minimum Gasteiger partial charge on any atom is -0.349 e. The normalized spacial score (nSPS) is 11.3. The zero-order valence-electron chi connectivity index (χ0n) is 7.03. The summed E-state index contributed by atoms with van der Waals surface area (Å²) >= 11 is 0. The van der Waals surface area contributed by atoms with Gasteiger partial charge in [0.15, 0.2) is 5.78 Å². The Morgan fingerprint density at radius 2 is 2.09 bits per heavy atom. The van der Waals surface area contributed by atoms with Crippen LogP contribution in [0.3, 0.4) is 0 Å². The Morgan fingerprint density at radius 3 is 2.45 bits per heavy atom. The number of hydrogen-bond acceptors (Lipinski definition) is 4. The van der Waals surface area contributed by atoms with Crippen molar-refractivity contribution in [2.24, 2.45) is 4.99 Å². The van der Waals surface area contributed by atoms with E-state index in [0.717, 1.165) is 0 Å². The van der Waals surface area contributed by atoms with Gasteiger partial charge < -0.3 is 14.5 Å². The van der Waals surface area contributed by atoms with Crippen LogP contribution in [-0.4, -0.2) is 39.6 Å². The first kappa shape index (κ1) is 10.3. The smallest absolute Gasteiger partial charge is 0.217 e. The van der Waals surface area contributed by atoms with Gasteiger partial charge >= 0.3 is 0 Å². The van der Waals surface area contributed by atoms with Crippen LogP contribution in [0.2, 0.25) is 0 Å². The van der Waals surface area contributed by atoms with Crippen molar-refractivity contribution in [2.45, 2.75) is 12.7 Å². The first-order chi connectivity index (χ1) is 5.26. The highest BCUT2D eigenvalue weighted by atomic mass is 16.7. The highest BCUT2D eigenvalue weighted by Gasteiger charge is 2.14. The lowest BCUT2D eigenvalue weighted by Gasteiger charge is -2.09. The fraction of sp³-hybridized carbons (Fsp3) is 0.714. The Hall–Kier alpha value is -0.740. The number of rotatable bonds is 5. The summed E-state index contributed by atoms with van der Waals surface area (Å²) in [5.74, 6) is -0.124. The first-order valence-electron chi connectivity index (χ1n) is 3.25. The molecule has 0 aliphatic carbocycles. The number of hydrogen-bond donors (Lipinski definition) is 0. The molecule has 64 valence electrons. The third-order valence-electron chi connectivity index (χ3n) is 1.17. The fourth-order valence-corrected chi connectivity index (χ4v) is 0.637. The predicted molar refractivity (Wildman–Crippen MR) is 41.8 cm³/mol. The summed E-state index contributed by atoms with van der Waals surface area (Å²) in [5.41, 5.74) is 0. The van der Waals surface area contributed by atoms with E-state index >= 15 is 0 Å². The van der Waals surface area contributed by atoms with Gasteiger partial charge in [-0.2, -0.15) is 0 Å².